The molecule has 172 valence electrons. The fraction of sp³-hybridized carbons (Fsp3) is 0.192. The molecule has 2 aromatic rings. The molecule has 0 atom stereocenters. The van der Waals surface area contributed by atoms with E-state index in [0.717, 1.165) is 11.1 Å². The third kappa shape index (κ3) is 7.50. The average molecular weight is 450 g/mol. The van der Waals surface area contributed by atoms with E-state index < -0.39 is 17.9 Å². The van der Waals surface area contributed by atoms with Gasteiger partial charge in [0.05, 0.1) is 0 Å². The highest BCUT2D eigenvalue weighted by Gasteiger charge is 2.16. The van der Waals surface area contributed by atoms with Crippen molar-refractivity contribution in [3.05, 3.63) is 78.9 Å². The van der Waals surface area contributed by atoms with E-state index in [1.165, 1.54) is 19.9 Å². The predicted octanol–water partition coefficient (Wildman–Crippen LogP) is 4.81. The highest BCUT2D eigenvalue weighted by atomic mass is 16.6. The van der Waals surface area contributed by atoms with Gasteiger partial charge in [0.1, 0.15) is 19.0 Å². The molecule has 7 heteroatoms. The van der Waals surface area contributed by atoms with Crippen molar-refractivity contribution in [1.29, 1.82) is 0 Å². The number of carbonyl (C=O) groups is 3. The molecule has 0 amide bonds. The number of ether oxygens (including phenoxy) is 4. The SMILES string of the molecule is C=C(C)C(=O)OCCOc1ccc(-c2ccc(OC(=O)C(=C)C)c(OC(=O)C(=C)C)c2)cc1. The zero-order chi connectivity index (χ0) is 24.5. The normalized spacial score (nSPS) is 10.0. The molecule has 0 aliphatic rings. The second kappa shape index (κ2) is 11.5. The largest absolute Gasteiger partial charge is 0.490 e. The van der Waals surface area contributed by atoms with Gasteiger partial charge < -0.3 is 18.9 Å². The first kappa shape index (κ1) is 25.1. The van der Waals surface area contributed by atoms with E-state index in [-0.39, 0.29) is 35.9 Å². The summed E-state index contributed by atoms with van der Waals surface area (Å²) in [6.45, 7) is 15.5. The molecule has 0 aromatic heterocycles. The Morgan fingerprint density at radius 2 is 1.18 bits per heavy atom. The quantitative estimate of drug-likeness (QED) is 0.222. The van der Waals surface area contributed by atoms with Crippen LogP contribution in [0, 0.1) is 0 Å². The van der Waals surface area contributed by atoms with Gasteiger partial charge in [0.15, 0.2) is 11.5 Å². The Bertz CT molecular complexity index is 1090. The Hall–Kier alpha value is -4.13. The Labute approximate surface area is 192 Å². The van der Waals surface area contributed by atoms with Crippen LogP contribution < -0.4 is 14.2 Å². The number of rotatable bonds is 10. The van der Waals surface area contributed by atoms with E-state index in [9.17, 15) is 14.4 Å². The molecule has 0 fully saturated rings. The van der Waals surface area contributed by atoms with Crippen LogP contribution in [0.3, 0.4) is 0 Å². The molecular formula is C26H26O7. The van der Waals surface area contributed by atoms with E-state index in [4.69, 9.17) is 18.9 Å². The summed E-state index contributed by atoms with van der Waals surface area (Å²) in [7, 11) is 0. The summed E-state index contributed by atoms with van der Waals surface area (Å²) in [5.41, 5.74) is 2.26. The van der Waals surface area contributed by atoms with Crippen molar-refractivity contribution >= 4 is 17.9 Å². The first-order chi connectivity index (χ1) is 15.6. The van der Waals surface area contributed by atoms with Gasteiger partial charge >= 0.3 is 17.9 Å². The summed E-state index contributed by atoms with van der Waals surface area (Å²) in [6, 6.07) is 12.0. The minimum atomic E-state index is -0.643. The molecule has 0 radical (unpaired) electrons. The Morgan fingerprint density at radius 3 is 1.73 bits per heavy atom. The smallest absolute Gasteiger partial charge is 0.338 e. The molecule has 0 spiro atoms. The lowest BCUT2D eigenvalue weighted by atomic mass is 10.0. The van der Waals surface area contributed by atoms with Crippen LogP contribution in [0.1, 0.15) is 20.8 Å². The van der Waals surface area contributed by atoms with Crippen LogP contribution in [0.15, 0.2) is 78.9 Å². The fourth-order valence-corrected chi connectivity index (χ4v) is 2.39. The lowest BCUT2D eigenvalue weighted by molar-refractivity contribution is -0.139. The number of esters is 3. The minimum Gasteiger partial charge on any atom is -0.490 e. The summed E-state index contributed by atoms with van der Waals surface area (Å²) in [5.74, 6) is -0.984. The molecule has 0 aliphatic heterocycles. The van der Waals surface area contributed by atoms with Gasteiger partial charge in [0.2, 0.25) is 0 Å². The molecular weight excluding hydrogens is 424 g/mol. The van der Waals surface area contributed by atoms with Crippen LogP contribution in [-0.2, 0) is 19.1 Å². The van der Waals surface area contributed by atoms with Gasteiger partial charge in [-0.1, -0.05) is 37.9 Å². The van der Waals surface area contributed by atoms with Gasteiger partial charge in [-0.25, -0.2) is 14.4 Å². The standard InChI is InChI=1S/C26H26O7/c1-16(2)24(27)31-14-13-30-21-10-7-19(8-11-21)20-9-12-22(32-25(28)17(3)4)23(15-20)33-26(29)18(5)6/h7-12,15H,1,3,5,13-14H2,2,4,6H3. The van der Waals surface area contributed by atoms with Crippen LogP contribution in [-0.4, -0.2) is 31.1 Å². The van der Waals surface area contributed by atoms with Gasteiger partial charge in [-0.15, -0.1) is 0 Å². The molecule has 0 unspecified atom stereocenters. The third-order valence-corrected chi connectivity index (χ3v) is 4.17. The topological polar surface area (TPSA) is 88.1 Å². The zero-order valence-electron chi connectivity index (χ0n) is 18.9. The Kier molecular flexibility index (Phi) is 8.74. The zero-order valence-corrected chi connectivity index (χ0v) is 18.9. The summed E-state index contributed by atoms with van der Waals surface area (Å²) < 4.78 is 21.2. The molecule has 0 N–H and O–H groups in total. The third-order valence-electron chi connectivity index (χ3n) is 4.17. The van der Waals surface area contributed by atoms with Gasteiger partial charge in [-0.05, 0) is 56.2 Å². The van der Waals surface area contributed by atoms with Crippen molar-refractivity contribution in [2.24, 2.45) is 0 Å². The molecule has 0 saturated carbocycles. The Morgan fingerprint density at radius 1 is 0.667 bits per heavy atom. The summed E-state index contributed by atoms with van der Waals surface area (Å²) >= 11 is 0. The minimum absolute atomic E-state index is 0.0785. The van der Waals surface area contributed by atoms with Crippen molar-refractivity contribution in [1.82, 2.24) is 0 Å². The lowest BCUT2D eigenvalue weighted by Gasteiger charge is -2.13. The highest BCUT2D eigenvalue weighted by molar-refractivity contribution is 5.91. The maximum Gasteiger partial charge on any atom is 0.338 e. The average Bonchev–Trinajstić information content (AvgIpc) is 2.77. The van der Waals surface area contributed by atoms with Crippen LogP contribution in [0.4, 0.5) is 0 Å². The first-order valence-electron chi connectivity index (χ1n) is 10.0. The molecule has 0 heterocycles. The first-order valence-corrected chi connectivity index (χ1v) is 10.0. The van der Waals surface area contributed by atoms with E-state index in [0.29, 0.717) is 11.3 Å². The second-order valence-electron chi connectivity index (χ2n) is 7.29. The maximum absolute atomic E-state index is 12.0. The lowest BCUT2D eigenvalue weighted by Crippen LogP contribution is -2.12. The van der Waals surface area contributed by atoms with Crippen LogP contribution in [0.5, 0.6) is 17.2 Å². The van der Waals surface area contributed by atoms with Gasteiger partial charge in [-0.2, -0.15) is 0 Å². The van der Waals surface area contributed by atoms with Gasteiger partial charge in [-0.3, -0.25) is 0 Å². The summed E-state index contributed by atoms with van der Waals surface area (Å²) in [5, 5.41) is 0. The molecule has 2 rings (SSSR count). The molecule has 7 nitrogen and oxygen atoms in total. The number of hydrogen-bond acceptors (Lipinski definition) is 7. The highest BCUT2D eigenvalue weighted by Crippen LogP contribution is 2.34. The number of hydrogen-bond donors (Lipinski definition) is 0. The molecule has 2 aromatic carbocycles. The van der Waals surface area contributed by atoms with E-state index in [2.05, 4.69) is 19.7 Å². The van der Waals surface area contributed by atoms with E-state index in [1.54, 1.807) is 31.2 Å². The van der Waals surface area contributed by atoms with Crippen molar-refractivity contribution in [2.45, 2.75) is 20.8 Å². The van der Waals surface area contributed by atoms with Crippen LogP contribution in [0.2, 0.25) is 0 Å². The maximum atomic E-state index is 12.0. The van der Waals surface area contributed by atoms with E-state index >= 15 is 0 Å². The molecule has 0 aliphatic carbocycles. The molecule has 0 saturated heterocycles. The van der Waals surface area contributed by atoms with Crippen molar-refractivity contribution in [3.63, 3.8) is 0 Å². The number of benzene rings is 2. The van der Waals surface area contributed by atoms with E-state index in [1.807, 2.05) is 12.1 Å². The summed E-state index contributed by atoms with van der Waals surface area (Å²) in [6.07, 6.45) is 0. The predicted molar refractivity (Wildman–Crippen MR) is 124 cm³/mol. The van der Waals surface area contributed by atoms with Gasteiger partial charge in [0, 0.05) is 16.7 Å². The fourth-order valence-electron chi connectivity index (χ4n) is 2.39. The summed E-state index contributed by atoms with van der Waals surface area (Å²) in [4.78, 5) is 35.3. The Balaban J connectivity index is 2.16. The second-order valence-corrected chi connectivity index (χ2v) is 7.29. The molecule has 33 heavy (non-hydrogen) atoms. The van der Waals surface area contributed by atoms with Crippen molar-refractivity contribution in [3.8, 4) is 28.4 Å². The van der Waals surface area contributed by atoms with Crippen LogP contribution in [0.25, 0.3) is 11.1 Å². The van der Waals surface area contributed by atoms with Crippen LogP contribution >= 0.6 is 0 Å². The number of carbonyl (C=O) groups excluding carboxylic acids is 3. The molecule has 0 bridgehead atoms. The van der Waals surface area contributed by atoms with Gasteiger partial charge in [0.25, 0.3) is 0 Å². The monoisotopic (exact) mass is 450 g/mol. The van der Waals surface area contributed by atoms with Crippen molar-refractivity contribution < 1.29 is 33.3 Å². The van der Waals surface area contributed by atoms with Crippen molar-refractivity contribution in [2.75, 3.05) is 13.2 Å².